The molecule has 0 aromatic carbocycles. The van der Waals surface area contributed by atoms with E-state index in [1.165, 1.54) is 19.3 Å². The van der Waals surface area contributed by atoms with Gasteiger partial charge in [0.25, 0.3) is 0 Å². The van der Waals surface area contributed by atoms with Crippen LogP contribution in [0.1, 0.15) is 48.6 Å². The standard InChI is InChI=1S/C16H20N2OS/c1-3-12-9(2)20-16(14(12)8-17)18-15(19)13-7-10-4-5-11(13)6-10/h10-11,13H,3-7H2,1-2H3,(H,18,19)/t10-,11+,13-/m0/s1. The third-order valence-corrected chi connectivity index (χ3v) is 6.05. The molecule has 0 spiro atoms. The summed E-state index contributed by atoms with van der Waals surface area (Å²) in [5, 5.41) is 13.1. The minimum Gasteiger partial charge on any atom is -0.316 e. The number of nitriles is 1. The predicted octanol–water partition coefficient (Wildman–Crippen LogP) is 3.87. The second-order valence-corrected chi connectivity index (χ2v) is 7.30. The monoisotopic (exact) mass is 288 g/mol. The first-order valence-corrected chi connectivity index (χ1v) is 8.28. The zero-order valence-corrected chi connectivity index (χ0v) is 12.8. The number of rotatable bonds is 3. The van der Waals surface area contributed by atoms with Gasteiger partial charge in [0.1, 0.15) is 11.1 Å². The average molecular weight is 288 g/mol. The quantitative estimate of drug-likeness (QED) is 0.918. The van der Waals surface area contributed by atoms with Gasteiger partial charge in [0.2, 0.25) is 5.91 Å². The minimum atomic E-state index is 0.137. The summed E-state index contributed by atoms with van der Waals surface area (Å²) >= 11 is 1.54. The third-order valence-electron chi connectivity index (χ3n) is 4.99. The van der Waals surface area contributed by atoms with Gasteiger partial charge >= 0.3 is 0 Å². The van der Waals surface area contributed by atoms with E-state index in [0.29, 0.717) is 11.5 Å². The van der Waals surface area contributed by atoms with Crippen LogP contribution in [0.2, 0.25) is 0 Å². The van der Waals surface area contributed by atoms with Gasteiger partial charge in [-0.2, -0.15) is 5.26 Å². The molecule has 1 N–H and O–H groups in total. The zero-order valence-electron chi connectivity index (χ0n) is 12.0. The number of aryl methyl sites for hydroxylation is 1. The molecule has 2 bridgehead atoms. The van der Waals surface area contributed by atoms with Crippen molar-refractivity contribution in [3.05, 3.63) is 16.0 Å². The van der Waals surface area contributed by atoms with Crippen LogP contribution < -0.4 is 5.32 Å². The smallest absolute Gasteiger partial charge is 0.228 e. The fraction of sp³-hybridized carbons (Fsp3) is 0.625. The molecule has 0 radical (unpaired) electrons. The number of hydrogen-bond acceptors (Lipinski definition) is 3. The summed E-state index contributed by atoms with van der Waals surface area (Å²) in [6, 6.07) is 2.26. The Hall–Kier alpha value is -1.34. The highest BCUT2D eigenvalue weighted by molar-refractivity contribution is 7.16. The molecule has 1 aromatic rings. The summed E-state index contributed by atoms with van der Waals surface area (Å²) in [6.45, 7) is 4.08. The van der Waals surface area contributed by atoms with Gasteiger partial charge in [-0.1, -0.05) is 13.3 Å². The molecular formula is C16H20N2OS. The topological polar surface area (TPSA) is 52.9 Å². The van der Waals surface area contributed by atoms with Crippen LogP contribution in [0.4, 0.5) is 5.00 Å². The summed E-state index contributed by atoms with van der Waals surface area (Å²) in [5.41, 5.74) is 1.76. The first kappa shape index (κ1) is 13.6. The maximum absolute atomic E-state index is 12.5. The van der Waals surface area contributed by atoms with E-state index in [4.69, 9.17) is 0 Å². The molecule has 4 heteroatoms. The second-order valence-electron chi connectivity index (χ2n) is 6.08. The van der Waals surface area contributed by atoms with Crippen molar-refractivity contribution >= 4 is 22.2 Å². The summed E-state index contributed by atoms with van der Waals surface area (Å²) in [4.78, 5) is 13.6. The van der Waals surface area contributed by atoms with Gasteiger partial charge < -0.3 is 5.32 Å². The Kier molecular flexibility index (Phi) is 3.55. The van der Waals surface area contributed by atoms with E-state index in [2.05, 4.69) is 18.3 Å². The number of hydrogen-bond donors (Lipinski definition) is 1. The predicted molar refractivity (Wildman–Crippen MR) is 80.7 cm³/mol. The highest BCUT2D eigenvalue weighted by Gasteiger charge is 2.43. The van der Waals surface area contributed by atoms with Crippen molar-refractivity contribution in [2.75, 3.05) is 5.32 Å². The van der Waals surface area contributed by atoms with Crippen LogP contribution in [-0.4, -0.2) is 5.91 Å². The number of fused-ring (bicyclic) bond motifs is 2. The van der Waals surface area contributed by atoms with Crippen LogP contribution in [0.5, 0.6) is 0 Å². The van der Waals surface area contributed by atoms with Crippen LogP contribution in [0.25, 0.3) is 0 Å². The van der Waals surface area contributed by atoms with Crippen LogP contribution in [0, 0.1) is 36.0 Å². The molecular weight excluding hydrogens is 268 g/mol. The Morgan fingerprint density at radius 3 is 2.80 bits per heavy atom. The van der Waals surface area contributed by atoms with Gasteiger partial charge in [-0.05, 0) is 50.0 Å². The van der Waals surface area contributed by atoms with Gasteiger partial charge in [0, 0.05) is 10.8 Å². The van der Waals surface area contributed by atoms with E-state index in [1.54, 1.807) is 11.3 Å². The van der Waals surface area contributed by atoms with Crippen LogP contribution >= 0.6 is 11.3 Å². The van der Waals surface area contributed by atoms with Crippen molar-refractivity contribution < 1.29 is 4.79 Å². The van der Waals surface area contributed by atoms with Crippen LogP contribution in [0.15, 0.2) is 0 Å². The van der Waals surface area contributed by atoms with Crippen LogP contribution in [-0.2, 0) is 11.2 Å². The molecule has 20 heavy (non-hydrogen) atoms. The molecule has 2 aliphatic rings. The number of nitrogens with zero attached hydrogens (tertiary/aromatic N) is 1. The van der Waals surface area contributed by atoms with Gasteiger partial charge in [-0.15, -0.1) is 11.3 Å². The number of carbonyl (C=O) groups excluding carboxylic acids is 1. The molecule has 1 aromatic heterocycles. The first-order chi connectivity index (χ1) is 9.63. The zero-order chi connectivity index (χ0) is 14.3. The van der Waals surface area contributed by atoms with Crippen LogP contribution in [0.3, 0.4) is 0 Å². The Morgan fingerprint density at radius 1 is 1.45 bits per heavy atom. The van der Waals surface area contributed by atoms with Gasteiger partial charge in [0.05, 0.1) is 5.56 Å². The first-order valence-electron chi connectivity index (χ1n) is 7.47. The number of thiophene rings is 1. The molecule has 2 fully saturated rings. The Bertz CT molecular complexity index is 584. The molecule has 2 saturated carbocycles. The molecule has 3 rings (SSSR count). The van der Waals surface area contributed by atoms with Crippen molar-refractivity contribution in [2.24, 2.45) is 17.8 Å². The van der Waals surface area contributed by atoms with Gasteiger partial charge in [-0.25, -0.2) is 0 Å². The van der Waals surface area contributed by atoms with Crippen molar-refractivity contribution in [3.8, 4) is 6.07 Å². The second kappa shape index (κ2) is 5.21. The van der Waals surface area contributed by atoms with E-state index in [0.717, 1.165) is 34.2 Å². The fourth-order valence-electron chi connectivity index (χ4n) is 3.98. The van der Waals surface area contributed by atoms with Crippen molar-refractivity contribution in [3.63, 3.8) is 0 Å². The SMILES string of the molecule is CCc1c(C)sc(NC(=O)[C@H]2C[C@H]3CC[C@@H]2C3)c1C#N. The largest absolute Gasteiger partial charge is 0.316 e. The molecule has 3 atom stereocenters. The van der Waals surface area contributed by atoms with Gasteiger partial charge in [0.15, 0.2) is 0 Å². The molecule has 2 aliphatic carbocycles. The van der Waals surface area contributed by atoms with Crippen molar-refractivity contribution in [1.29, 1.82) is 5.26 Å². The maximum atomic E-state index is 12.5. The van der Waals surface area contributed by atoms with Crippen molar-refractivity contribution in [1.82, 2.24) is 0 Å². The summed E-state index contributed by atoms with van der Waals surface area (Å²) in [7, 11) is 0. The van der Waals surface area contributed by atoms with E-state index in [9.17, 15) is 10.1 Å². The lowest BCUT2D eigenvalue weighted by atomic mass is 9.88. The van der Waals surface area contributed by atoms with E-state index in [-0.39, 0.29) is 11.8 Å². The van der Waals surface area contributed by atoms with Crippen molar-refractivity contribution in [2.45, 2.75) is 46.0 Å². The lowest BCUT2D eigenvalue weighted by Crippen LogP contribution is -2.27. The van der Waals surface area contributed by atoms with E-state index in [1.807, 2.05) is 6.92 Å². The highest BCUT2D eigenvalue weighted by atomic mass is 32.1. The highest BCUT2D eigenvalue weighted by Crippen LogP contribution is 2.48. The molecule has 106 valence electrons. The molecule has 1 amide bonds. The number of anilines is 1. The Morgan fingerprint density at radius 2 is 2.25 bits per heavy atom. The fourth-order valence-corrected chi connectivity index (χ4v) is 5.08. The Balaban J connectivity index is 1.78. The molecule has 0 aliphatic heterocycles. The number of carbonyl (C=O) groups is 1. The average Bonchev–Trinajstić information content (AvgIpc) is 3.12. The van der Waals surface area contributed by atoms with E-state index < -0.39 is 0 Å². The minimum absolute atomic E-state index is 0.137. The molecule has 1 heterocycles. The third kappa shape index (κ3) is 2.14. The molecule has 0 unspecified atom stereocenters. The number of amides is 1. The lowest BCUT2D eigenvalue weighted by molar-refractivity contribution is -0.121. The van der Waals surface area contributed by atoms with E-state index >= 15 is 0 Å². The molecule has 3 nitrogen and oxygen atoms in total. The molecule has 0 saturated heterocycles. The lowest BCUT2D eigenvalue weighted by Gasteiger charge is -2.20. The summed E-state index contributed by atoms with van der Waals surface area (Å²) in [6.07, 6.45) is 5.62. The summed E-state index contributed by atoms with van der Waals surface area (Å²) < 4.78 is 0. The Labute approximate surface area is 124 Å². The van der Waals surface area contributed by atoms with Gasteiger partial charge in [-0.3, -0.25) is 4.79 Å². The number of nitrogens with one attached hydrogen (secondary N) is 1. The normalized spacial score (nSPS) is 27.6. The maximum Gasteiger partial charge on any atom is 0.228 e. The summed E-state index contributed by atoms with van der Waals surface area (Å²) in [5.74, 6) is 1.66.